The van der Waals surface area contributed by atoms with Crippen LogP contribution in [0.1, 0.15) is 22.8 Å². The molecule has 0 amide bonds. The molecule has 0 aliphatic heterocycles. The first-order valence-corrected chi connectivity index (χ1v) is 7.00. The number of nitrogens with one attached hydrogen (secondary N) is 1. The molecule has 0 radical (unpaired) electrons. The first-order chi connectivity index (χ1) is 9.88. The van der Waals surface area contributed by atoms with Crippen LogP contribution in [0.25, 0.3) is 0 Å². The quantitative estimate of drug-likeness (QED) is 0.488. The van der Waals surface area contributed by atoms with E-state index >= 15 is 0 Å². The number of aromatic hydroxyl groups is 1. The van der Waals surface area contributed by atoms with Crippen LogP contribution in [-0.4, -0.2) is 25.7 Å². The summed E-state index contributed by atoms with van der Waals surface area (Å²) >= 11 is 1.17. The summed E-state index contributed by atoms with van der Waals surface area (Å²) < 4.78 is 1.33. The third-order valence-corrected chi connectivity index (χ3v) is 3.87. The lowest BCUT2D eigenvalue weighted by Crippen LogP contribution is -2.33. The number of H-pyrrole nitrogens is 1. The number of carbonyl (C=O) groups is 1. The Labute approximate surface area is 123 Å². The maximum absolute atomic E-state index is 11.3. The van der Waals surface area contributed by atoms with Crippen molar-refractivity contribution in [1.82, 2.24) is 14.8 Å². The lowest BCUT2D eigenvalue weighted by molar-refractivity contribution is 0.101. The molecule has 21 heavy (non-hydrogen) atoms. The van der Waals surface area contributed by atoms with E-state index in [1.54, 1.807) is 19.2 Å². The molecular formula is C13H13N3O4S. The van der Waals surface area contributed by atoms with Gasteiger partial charge >= 0.3 is 11.1 Å². The van der Waals surface area contributed by atoms with E-state index in [2.05, 4.69) is 10.1 Å². The van der Waals surface area contributed by atoms with Crippen molar-refractivity contribution < 1.29 is 9.90 Å². The maximum Gasteiger partial charge on any atom is 0.339 e. The Kier molecular flexibility index (Phi) is 4.27. The fraction of sp³-hybridized carbons (Fsp3) is 0.231. The van der Waals surface area contributed by atoms with Crippen molar-refractivity contribution in [3.8, 4) is 5.75 Å². The van der Waals surface area contributed by atoms with Crippen molar-refractivity contribution in [2.24, 2.45) is 7.05 Å². The molecule has 2 rings (SSSR count). The van der Waals surface area contributed by atoms with Crippen LogP contribution in [0.5, 0.6) is 5.75 Å². The van der Waals surface area contributed by atoms with E-state index in [9.17, 15) is 19.5 Å². The van der Waals surface area contributed by atoms with Gasteiger partial charge in [-0.1, -0.05) is 11.8 Å². The van der Waals surface area contributed by atoms with Gasteiger partial charge in [0.05, 0.1) is 0 Å². The van der Waals surface area contributed by atoms with E-state index in [1.807, 2.05) is 0 Å². The van der Waals surface area contributed by atoms with Gasteiger partial charge < -0.3 is 5.11 Å². The highest BCUT2D eigenvalue weighted by molar-refractivity contribution is 7.98. The molecule has 1 aromatic heterocycles. The highest BCUT2D eigenvalue weighted by Gasteiger charge is 2.09. The average Bonchev–Trinajstić information content (AvgIpc) is 2.42. The number of benzene rings is 1. The maximum atomic E-state index is 11.3. The van der Waals surface area contributed by atoms with Crippen LogP contribution < -0.4 is 11.1 Å². The molecule has 0 fully saturated rings. The number of aromatic nitrogens is 3. The van der Waals surface area contributed by atoms with Crippen LogP contribution in [0, 0.1) is 0 Å². The van der Waals surface area contributed by atoms with Gasteiger partial charge in [-0.25, -0.2) is 0 Å². The summed E-state index contributed by atoms with van der Waals surface area (Å²) in [6.07, 6.45) is 0. The van der Waals surface area contributed by atoms with E-state index in [0.717, 1.165) is 0 Å². The Bertz CT molecular complexity index is 810. The van der Waals surface area contributed by atoms with Crippen LogP contribution in [0.2, 0.25) is 0 Å². The summed E-state index contributed by atoms with van der Waals surface area (Å²) in [5.74, 6) is 0.261. The monoisotopic (exact) mass is 307 g/mol. The van der Waals surface area contributed by atoms with Crippen LogP contribution in [0.4, 0.5) is 0 Å². The van der Waals surface area contributed by atoms with E-state index in [0.29, 0.717) is 22.0 Å². The topological polar surface area (TPSA) is 105 Å². The van der Waals surface area contributed by atoms with E-state index in [1.165, 1.54) is 29.4 Å². The largest absolute Gasteiger partial charge is 0.508 e. The average molecular weight is 307 g/mol. The van der Waals surface area contributed by atoms with Gasteiger partial charge in [-0.2, -0.15) is 4.98 Å². The fourth-order valence-electron chi connectivity index (χ4n) is 1.65. The van der Waals surface area contributed by atoms with E-state index in [4.69, 9.17) is 0 Å². The summed E-state index contributed by atoms with van der Waals surface area (Å²) in [5, 5.41) is 12.4. The number of nitrogens with zero attached hydrogens (tertiary/aromatic N) is 2. The number of rotatable bonds is 4. The normalized spacial score (nSPS) is 10.6. The Morgan fingerprint density at radius 2 is 2.14 bits per heavy atom. The minimum absolute atomic E-state index is 0.0573. The first kappa shape index (κ1) is 15.0. The van der Waals surface area contributed by atoms with Gasteiger partial charge in [0.2, 0.25) is 0 Å². The smallest absolute Gasteiger partial charge is 0.339 e. The number of thioether (sulfide) groups is 1. The van der Waals surface area contributed by atoms with Crippen LogP contribution in [0.15, 0.2) is 32.9 Å². The van der Waals surface area contributed by atoms with Crippen LogP contribution in [-0.2, 0) is 12.8 Å². The molecule has 110 valence electrons. The molecule has 0 bridgehead atoms. The Morgan fingerprint density at radius 3 is 2.81 bits per heavy atom. The highest BCUT2D eigenvalue weighted by atomic mass is 32.2. The van der Waals surface area contributed by atoms with Crippen molar-refractivity contribution in [2.45, 2.75) is 17.8 Å². The zero-order valence-electron chi connectivity index (χ0n) is 11.4. The summed E-state index contributed by atoms with van der Waals surface area (Å²) in [6.45, 7) is 1.44. The number of phenolic OH excluding ortho intramolecular Hbond substituents is 1. The minimum Gasteiger partial charge on any atom is -0.508 e. The zero-order chi connectivity index (χ0) is 15.6. The van der Waals surface area contributed by atoms with Gasteiger partial charge in [0.15, 0.2) is 10.9 Å². The summed E-state index contributed by atoms with van der Waals surface area (Å²) in [5.41, 5.74) is -0.611. The lowest BCUT2D eigenvalue weighted by atomic mass is 10.1. The molecule has 0 atom stereocenters. The van der Waals surface area contributed by atoms with Crippen molar-refractivity contribution >= 4 is 17.5 Å². The molecule has 2 N–H and O–H groups in total. The summed E-state index contributed by atoms with van der Waals surface area (Å²) in [4.78, 5) is 37.3. The molecule has 1 aromatic carbocycles. The predicted octanol–water partition coefficient (Wildman–Crippen LogP) is 0.669. The highest BCUT2D eigenvalue weighted by Crippen LogP contribution is 2.26. The van der Waals surface area contributed by atoms with Crippen molar-refractivity contribution in [2.75, 3.05) is 0 Å². The van der Waals surface area contributed by atoms with Gasteiger partial charge in [0, 0.05) is 23.9 Å². The number of phenols is 1. The molecule has 0 aliphatic rings. The minimum atomic E-state index is -0.864. The number of hydrogen-bond donors (Lipinski definition) is 2. The molecule has 0 saturated carbocycles. The van der Waals surface area contributed by atoms with Crippen molar-refractivity contribution in [3.05, 3.63) is 50.0 Å². The number of ketones is 1. The molecule has 8 heteroatoms. The van der Waals surface area contributed by atoms with Crippen molar-refractivity contribution in [3.63, 3.8) is 0 Å². The number of aryl methyl sites for hydroxylation is 1. The van der Waals surface area contributed by atoms with Gasteiger partial charge in [0.1, 0.15) is 5.75 Å². The molecule has 1 heterocycles. The first-order valence-electron chi connectivity index (χ1n) is 6.01. The predicted molar refractivity (Wildman–Crippen MR) is 77.8 cm³/mol. The molecule has 7 nitrogen and oxygen atoms in total. The van der Waals surface area contributed by atoms with E-state index in [-0.39, 0.29) is 11.5 Å². The second-order valence-corrected chi connectivity index (χ2v) is 5.33. The summed E-state index contributed by atoms with van der Waals surface area (Å²) in [6, 6.07) is 4.58. The van der Waals surface area contributed by atoms with Crippen molar-refractivity contribution in [1.29, 1.82) is 0 Å². The molecular weight excluding hydrogens is 294 g/mol. The number of Topliss-reactive ketones (excluding diaryl/α,β-unsaturated/α-hetero) is 1. The zero-order valence-corrected chi connectivity index (χ0v) is 12.2. The van der Waals surface area contributed by atoms with Gasteiger partial charge in [-0.3, -0.25) is 24.2 Å². The lowest BCUT2D eigenvalue weighted by Gasteiger charge is -2.08. The standard InChI is InChI=1S/C13H13N3O4S/c1-7(17)8-3-4-10(18)9(5-8)6-21-13-14-11(19)12(20)15-16(13)2/h3-5,18H,6H2,1-2H3,(H,15,20). The number of aromatic amines is 1. The van der Waals surface area contributed by atoms with Crippen LogP contribution >= 0.6 is 11.8 Å². The number of hydrogen-bond acceptors (Lipinski definition) is 6. The second-order valence-electron chi connectivity index (χ2n) is 4.39. The molecule has 2 aromatic rings. The van der Waals surface area contributed by atoms with Crippen LogP contribution in [0.3, 0.4) is 0 Å². The molecule has 0 saturated heterocycles. The van der Waals surface area contributed by atoms with Gasteiger partial charge in [0.25, 0.3) is 0 Å². The molecule has 0 spiro atoms. The molecule has 0 aliphatic carbocycles. The third-order valence-electron chi connectivity index (χ3n) is 2.79. The Morgan fingerprint density at radius 1 is 1.43 bits per heavy atom. The Hall–Kier alpha value is -2.35. The van der Waals surface area contributed by atoms with Gasteiger partial charge in [-0.05, 0) is 25.1 Å². The van der Waals surface area contributed by atoms with E-state index < -0.39 is 11.1 Å². The Balaban J connectivity index is 2.26. The third kappa shape index (κ3) is 3.40. The van der Waals surface area contributed by atoms with Gasteiger partial charge in [-0.15, -0.1) is 0 Å². The number of carbonyl (C=O) groups excluding carboxylic acids is 1. The SMILES string of the molecule is CC(=O)c1ccc(O)c(CSc2nc(=O)c(=O)[nH]n2C)c1. The summed E-state index contributed by atoms with van der Waals surface area (Å²) in [7, 11) is 1.56. The fourth-order valence-corrected chi connectivity index (χ4v) is 2.55. The molecule has 0 unspecified atom stereocenters. The second kappa shape index (κ2) is 5.96.